The second-order valence-electron chi connectivity index (χ2n) is 5.47. The average Bonchev–Trinajstić information content (AvgIpc) is 2.61. The lowest BCUT2D eigenvalue weighted by molar-refractivity contribution is -0.384. The molecule has 0 spiro atoms. The van der Waals surface area contributed by atoms with Crippen LogP contribution in [0.3, 0.4) is 0 Å². The largest absolute Gasteiger partial charge is 0.422 e. The second kappa shape index (κ2) is 5.78. The average molecular weight is 369 g/mol. The number of benzene rings is 2. The quantitative estimate of drug-likeness (QED) is 0.248. The highest BCUT2D eigenvalue weighted by molar-refractivity contribution is 6.32. The van der Waals surface area contributed by atoms with Crippen LogP contribution in [0.2, 0.25) is 5.02 Å². The summed E-state index contributed by atoms with van der Waals surface area (Å²) in [5.74, 6) is 0.0765. The lowest BCUT2D eigenvalue weighted by Gasteiger charge is -2.07. The molecule has 0 aliphatic rings. The molecule has 0 fully saturated rings. The molecule has 26 heavy (non-hydrogen) atoms. The van der Waals surface area contributed by atoms with E-state index in [4.69, 9.17) is 21.8 Å². The van der Waals surface area contributed by atoms with Crippen molar-refractivity contribution in [2.24, 2.45) is 0 Å². The molecule has 2 aromatic carbocycles. The van der Waals surface area contributed by atoms with Crippen LogP contribution in [0.25, 0.3) is 33.3 Å². The topological polar surface area (TPSA) is 125 Å². The summed E-state index contributed by atoms with van der Waals surface area (Å²) in [6, 6.07) is 11.1. The molecule has 4 aromatic rings. The van der Waals surface area contributed by atoms with E-state index in [0.717, 1.165) is 0 Å². The van der Waals surface area contributed by atoms with Crippen LogP contribution < -0.4 is 11.4 Å². The molecule has 0 saturated heterocycles. The summed E-state index contributed by atoms with van der Waals surface area (Å²) in [4.78, 5) is 31.2. The van der Waals surface area contributed by atoms with Crippen molar-refractivity contribution in [1.82, 2.24) is 9.97 Å². The van der Waals surface area contributed by atoms with Gasteiger partial charge in [-0.05, 0) is 24.3 Å². The maximum atomic E-state index is 12.2. The Kier molecular flexibility index (Phi) is 3.55. The molecule has 8 nitrogen and oxygen atoms in total. The van der Waals surface area contributed by atoms with Crippen LogP contribution in [0.1, 0.15) is 0 Å². The number of para-hydroxylation sites is 1. The highest BCUT2D eigenvalue weighted by atomic mass is 35.5. The number of rotatable bonds is 2. The lowest BCUT2D eigenvalue weighted by atomic mass is 10.1. The van der Waals surface area contributed by atoms with E-state index >= 15 is 0 Å². The monoisotopic (exact) mass is 368 g/mol. The molecule has 9 heteroatoms. The van der Waals surface area contributed by atoms with Crippen LogP contribution in [0.5, 0.6) is 0 Å². The molecule has 4 rings (SSSR count). The minimum atomic E-state index is -0.648. The standard InChI is InChI=1S/C17H9ClN4O4/c18-10-6-5-8(7-11(10)22(24)25)16-20-14-9-3-1-2-4-12(9)26-17(23)13(14)15(19)21-16/h1-7H,(H2,19,20,21). The van der Waals surface area contributed by atoms with E-state index in [9.17, 15) is 14.9 Å². The molecule has 0 aliphatic carbocycles. The van der Waals surface area contributed by atoms with E-state index in [0.29, 0.717) is 22.0 Å². The van der Waals surface area contributed by atoms with E-state index in [-0.39, 0.29) is 27.7 Å². The van der Waals surface area contributed by atoms with Crippen molar-refractivity contribution in [2.75, 3.05) is 5.73 Å². The van der Waals surface area contributed by atoms with Crippen molar-refractivity contribution in [1.29, 1.82) is 0 Å². The Hall–Kier alpha value is -3.52. The van der Waals surface area contributed by atoms with Gasteiger partial charge in [-0.2, -0.15) is 0 Å². The van der Waals surface area contributed by atoms with Gasteiger partial charge in [0.1, 0.15) is 21.8 Å². The van der Waals surface area contributed by atoms with Gasteiger partial charge < -0.3 is 10.2 Å². The van der Waals surface area contributed by atoms with Gasteiger partial charge in [-0.15, -0.1) is 0 Å². The van der Waals surface area contributed by atoms with Crippen molar-refractivity contribution in [2.45, 2.75) is 0 Å². The van der Waals surface area contributed by atoms with Gasteiger partial charge >= 0.3 is 5.63 Å². The minimum Gasteiger partial charge on any atom is -0.422 e. The third-order valence-electron chi connectivity index (χ3n) is 3.89. The van der Waals surface area contributed by atoms with E-state index in [1.165, 1.54) is 12.1 Å². The molecule has 2 N–H and O–H groups in total. The highest BCUT2D eigenvalue weighted by Gasteiger charge is 2.18. The molecule has 128 valence electrons. The Balaban J connectivity index is 2.07. The van der Waals surface area contributed by atoms with E-state index in [1.807, 2.05) is 0 Å². The number of nitrogen functional groups attached to an aromatic ring is 1. The van der Waals surface area contributed by atoms with Gasteiger partial charge in [-0.1, -0.05) is 23.7 Å². The number of nitrogens with two attached hydrogens (primary N) is 1. The molecule has 2 aromatic heterocycles. The predicted octanol–water partition coefficient (Wildman–Crippen LogP) is 3.55. The van der Waals surface area contributed by atoms with E-state index < -0.39 is 10.5 Å². The maximum Gasteiger partial charge on any atom is 0.349 e. The number of fused-ring (bicyclic) bond motifs is 3. The van der Waals surface area contributed by atoms with Gasteiger partial charge in [-0.25, -0.2) is 14.8 Å². The molecule has 0 atom stereocenters. The van der Waals surface area contributed by atoms with Crippen molar-refractivity contribution < 1.29 is 9.34 Å². The third-order valence-corrected chi connectivity index (χ3v) is 4.21. The molecular formula is C17H9ClN4O4. The summed E-state index contributed by atoms with van der Waals surface area (Å²) >= 11 is 5.84. The van der Waals surface area contributed by atoms with Crippen LogP contribution in [0.4, 0.5) is 11.5 Å². The summed E-state index contributed by atoms with van der Waals surface area (Å²) in [6.07, 6.45) is 0. The second-order valence-corrected chi connectivity index (χ2v) is 5.87. The lowest BCUT2D eigenvalue weighted by Crippen LogP contribution is -2.08. The van der Waals surface area contributed by atoms with Crippen molar-refractivity contribution in [3.63, 3.8) is 0 Å². The summed E-state index contributed by atoms with van der Waals surface area (Å²) in [6.45, 7) is 0. The first-order valence-electron chi connectivity index (χ1n) is 7.39. The first-order chi connectivity index (χ1) is 12.5. The zero-order valence-electron chi connectivity index (χ0n) is 13.0. The SMILES string of the molecule is Nc1nc(-c2ccc(Cl)c([N+](=O)[O-])c2)nc2c1c(=O)oc1ccccc12. The molecular weight excluding hydrogens is 360 g/mol. The van der Waals surface area contributed by atoms with Crippen molar-refractivity contribution in [3.8, 4) is 11.4 Å². The molecule has 0 bridgehead atoms. The number of nitro groups is 1. The molecule has 0 amide bonds. The van der Waals surface area contributed by atoms with E-state index in [2.05, 4.69) is 9.97 Å². The van der Waals surface area contributed by atoms with Crippen molar-refractivity contribution >= 4 is 45.0 Å². The van der Waals surface area contributed by atoms with Gasteiger partial charge in [0.2, 0.25) is 0 Å². The Bertz CT molecular complexity index is 1270. The molecule has 0 saturated carbocycles. The number of halogens is 1. The molecule has 0 radical (unpaired) electrons. The maximum absolute atomic E-state index is 12.2. The fraction of sp³-hybridized carbons (Fsp3) is 0. The fourth-order valence-electron chi connectivity index (χ4n) is 2.70. The Morgan fingerprint density at radius 2 is 1.92 bits per heavy atom. The Morgan fingerprint density at radius 3 is 2.69 bits per heavy atom. The minimum absolute atomic E-state index is 0.00129. The normalized spacial score (nSPS) is 11.1. The first-order valence-corrected chi connectivity index (χ1v) is 7.77. The molecule has 0 unspecified atom stereocenters. The number of nitrogens with zero attached hydrogens (tertiary/aromatic N) is 3. The van der Waals surface area contributed by atoms with E-state index in [1.54, 1.807) is 30.3 Å². The summed E-state index contributed by atoms with van der Waals surface area (Å²) in [5, 5.41) is 11.8. The fourth-order valence-corrected chi connectivity index (χ4v) is 2.88. The van der Waals surface area contributed by atoms with Gasteiger partial charge in [0.25, 0.3) is 5.69 Å². The van der Waals surface area contributed by atoms with Gasteiger partial charge in [0, 0.05) is 17.0 Å². The zero-order valence-corrected chi connectivity index (χ0v) is 13.7. The van der Waals surface area contributed by atoms with Gasteiger partial charge in [0.05, 0.1) is 10.4 Å². The highest BCUT2D eigenvalue weighted by Crippen LogP contribution is 2.31. The number of nitro benzene ring substituents is 1. The van der Waals surface area contributed by atoms with Crippen LogP contribution in [-0.4, -0.2) is 14.9 Å². The number of anilines is 1. The van der Waals surface area contributed by atoms with Crippen LogP contribution >= 0.6 is 11.6 Å². The van der Waals surface area contributed by atoms with Crippen LogP contribution in [0.15, 0.2) is 51.7 Å². The van der Waals surface area contributed by atoms with Crippen molar-refractivity contribution in [3.05, 3.63) is 68.0 Å². The Morgan fingerprint density at radius 1 is 1.15 bits per heavy atom. The Labute approximate surface area is 150 Å². The molecule has 0 aliphatic heterocycles. The number of aromatic nitrogens is 2. The van der Waals surface area contributed by atoms with Crippen LogP contribution in [-0.2, 0) is 0 Å². The number of hydrogen-bond donors (Lipinski definition) is 1. The zero-order chi connectivity index (χ0) is 18.4. The number of hydrogen-bond acceptors (Lipinski definition) is 7. The van der Waals surface area contributed by atoms with Gasteiger partial charge in [-0.3, -0.25) is 10.1 Å². The summed E-state index contributed by atoms with van der Waals surface area (Å²) < 4.78 is 5.25. The van der Waals surface area contributed by atoms with Crippen LogP contribution in [0, 0.1) is 10.1 Å². The first kappa shape index (κ1) is 16.0. The predicted molar refractivity (Wildman–Crippen MR) is 97.1 cm³/mol. The summed E-state index contributed by atoms with van der Waals surface area (Å²) in [7, 11) is 0. The van der Waals surface area contributed by atoms with Gasteiger partial charge in [0.15, 0.2) is 5.82 Å². The molecule has 2 heterocycles. The summed E-state index contributed by atoms with van der Waals surface area (Å²) in [5.41, 5.74) is 6.05. The smallest absolute Gasteiger partial charge is 0.349 e. The third kappa shape index (κ3) is 2.44.